The molecule has 98 valence electrons. The van der Waals surface area contributed by atoms with Crippen LogP contribution in [0.5, 0.6) is 0 Å². The largest absolute Gasteiger partial charge is 0.465 e. The average Bonchev–Trinajstić information content (AvgIpc) is 3.00. The summed E-state index contributed by atoms with van der Waals surface area (Å²) in [6.45, 7) is 6.78. The van der Waals surface area contributed by atoms with Crippen molar-refractivity contribution >= 4 is 5.97 Å². The first kappa shape index (κ1) is 14.3. The first-order valence-corrected chi connectivity index (χ1v) is 7.14. The van der Waals surface area contributed by atoms with Gasteiger partial charge in [-0.15, -0.1) is 0 Å². The Morgan fingerprint density at radius 3 is 2.12 bits per heavy atom. The van der Waals surface area contributed by atoms with E-state index in [1.54, 1.807) is 0 Å². The maximum Gasteiger partial charge on any atom is 0.317 e. The minimum absolute atomic E-state index is 0.00917. The van der Waals surface area contributed by atoms with E-state index in [0.717, 1.165) is 12.8 Å². The van der Waals surface area contributed by atoms with Crippen LogP contribution in [0.15, 0.2) is 11.1 Å². The summed E-state index contributed by atoms with van der Waals surface area (Å²) in [5, 5.41) is 0. The van der Waals surface area contributed by atoms with Crippen LogP contribution in [0.2, 0.25) is 0 Å². The molecular weight excluding hydrogens is 212 g/mol. The lowest BCUT2D eigenvalue weighted by atomic mass is 10.1. The molecule has 0 heterocycles. The Labute approximate surface area is 105 Å². The molecular formula is C15H26O2. The Hall–Kier alpha value is -0.790. The van der Waals surface area contributed by atoms with Crippen molar-refractivity contribution in [3.05, 3.63) is 11.1 Å². The van der Waals surface area contributed by atoms with Crippen molar-refractivity contribution in [3.8, 4) is 0 Å². The molecule has 0 fully saturated rings. The molecule has 0 radical (unpaired) electrons. The first-order chi connectivity index (χ1) is 8.26. The van der Waals surface area contributed by atoms with Crippen molar-refractivity contribution in [3.63, 3.8) is 0 Å². The molecule has 1 atom stereocenters. The maximum absolute atomic E-state index is 11.8. The summed E-state index contributed by atoms with van der Waals surface area (Å²) in [5.74, 6) is 0.0588. The number of ether oxygens (including phenoxy) is 1. The van der Waals surface area contributed by atoms with E-state index < -0.39 is 0 Å². The zero-order chi connectivity index (χ0) is 12.7. The highest BCUT2D eigenvalue weighted by Crippen LogP contribution is 2.46. The molecule has 0 aromatic rings. The van der Waals surface area contributed by atoms with Crippen molar-refractivity contribution in [2.45, 2.75) is 65.7 Å². The van der Waals surface area contributed by atoms with Crippen LogP contribution in [0.1, 0.15) is 65.7 Å². The SMILES string of the molecule is CCCCCC1=C(CCCC)C1C(=O)OCC. The second kappa shape index (κ2) is 7.52. The molecule has 0 aromatic heterocycles. The Bertz CT molecular complexity index is 279. The monoisotopic (exact) mass is 238 g/mol. The van der Waals surface area contributed by atoms with Crippen LogP contribution in [0.3, 0.4) is 0 Å². The summed E-state index contributed by atoms with van der Waals surface area (Å²) >= 11 is 0. The van der Waals surface area contributed by atoms with Crippen molar-refractivity contribution in [2.24, 2.45) is 5.92 Å². The van der Waals surface area contributed by atoms with Gasteiger partial charge < -0.3 is 4.74 Å². The highest BCUT2D eigenvalue weighted by atomic mass is 16.5. The van der Waals surface area contributed by atoms with Gasteiger partial charge in [0.05, 0.1) is 12.5 Å². The van der Waals surface area contributed by atoms with Crippen LogP contribution in [0, 0.1) is 5.92 Å². The van der Waals surface area contributed by atoms with Gasteiger partial charge in [-0.3, -0.25) is 4.79 Å². The second-order valence-corrected chi connectivity index (χ2v) is 4.80. The maximum atomic E-state index is 11.8. The molecule has 0 bridgehead atoms. The van der Waals surface area contributed by atoms with Crippen LogP contribution in [-0.2, 0) is 9.53 Å². The van der Waals surface area contributed by atoms with Crippen LogP contribution >= 0.6 is 0 Å². The van der Waals surface area contributed by atoms with Gasteiger partial charge in [-0.25, -0.2) is 0 Å². The summed E-state index contributed by atoms with van der Waals surface area (Å²) in [4.78, 5) is 11.8. The molecule has 0 N–H and O–H groups in total. The molecule has 2 nitrogen and oxygen atoms in total. The Morgan fingerprint density at radius 1 is 1.00 bits per heavy atom. The van der Waals surface area contributed by atoms with Crippen LogP contribution < -0.4 is 0 Å². The molecule has 0 saturated heterocycles. The number of hydrogen-bond acceptors (Lipinski definition) is 2. The van der Waals surface area contributed by atoms with E-state index >= 15 is 0 Å². The fourth-order valence-electron chi connectivity index (χ4n) is 2.37. The number of carbonyl (C=O) groups is 1. The third-order valence-corrected chi connectivity index (χ3v) is 3.40. The van der Waals surface area contributed by atoms with E-state index in [4.69, 9.17) is 4.74 Å². The normalized spacial score (nSPS) is 18.4. The number of rotatable bonds is 9. The van der Waals surface area contributed by atoms with E-state index in [-0.39, 0.29) is 11.9 Å². The fraction of sp³-hybridized carbons (Fsp3) is 0.800. The van der Waals surface area contributed by atoms with E-state index in [1.807, 2.05) is 6.92 Å². The smallest absolute Gasteiger partial charge is 0.317 e. The quantitative estimate of drug-likeness (QED) is 0.341. The van der Waals surface area contributed by atoms with Crippen LogP contribution in [-0.4, -0.2) is 12.6 Å². The molecule has 17 heavy (non-hydrogen) atoms. The van der Waals surface area contributed by atoms with Crippen LogP contribution in [0.25, 0.3) is 0 Å². The van der Waals surface area contributed by atoms with Gasteiger partial charge in [0.2, 0.25) is 0 Å². The highest BCUT2D eigenvalue weighted by Gasteiger charge is 2.41. The third-order valence-electron chi connectivity index (χ3n) is 3.40. The Morgan fingerprint density at radius 2 is 1.59 bits per heavy atom. The van der Waals surface area contributed by atoms with Crippen molar-refractivity contribution in [1.29, 1.82) is 0 Å². The van der Waals surface area contributed by atoms with E-state index in [9.17, 15) is 4.79 Å². The van der Waals surface area contributed by atoms with Crippen molar-refractivity contribution in [1.82, 2.24) is 0 Å². The van der Waals surface area contributed by atoms with E-state index in [1.165, 1.54) is 43.3 Å². The van der Waals surface area contributed by atoms with Gasteiger partial charge in [0, 0.05) is 0 Å². The Balaban J connectivity index is 2.41. The van der Waals surface area contributed by atoms with E-state index in [2.05, 4.69) is 13.8 Å². The lowest BCUT2D eigenvalue weighted by molar-refractivity contribution is -0.144. The molecule has 1 rings (SSSR count). The average molecular weight is 238 g/mol. The summed E-state index contributed by atoms with van der Waals surface area (Å²) in [6, 6.07) is 0. The van der Waals surface area contributed by atoms with Crippen molar-refractivity contribution in [2.75, 3.05) is 6.61 Å². The minimum Gasteiger partial charge on any atom is -0.465 e. The number of hydrogen-bond donors (Lipinski definition) is 0. The lowest BCUT2D eigenvalue weighted by Crippen LogP contribution is -2.09. The molecule has 0 aliphatic heterocycles. The summed E-state index contributed by atoms with van der Waals surface area (Å²) < 4.78 is 5.13. The minimum atomic E-state index is -0.00917. The zero-order valence-electron chi connectivity index (χ0n) is 11.6. The summed E-state index contributed by atoms with van der Waals surface area (Å²) in [7, 11) is 0. The standard InChI is InChI=1S/C15H26O2/c1-4-7-9-11-13-12(10-8-5-2)14(13)15(16)17-6-3/h14H,4-11H2,1-3H3. The molecule has 1 unspecified atom stereocenters. The van der Waals surface area contributed by atoms with Gasteiger partial charge in [-0.05, 0) is 32.6 Å². The van der Waals surface area contributed by atoms with Crippen LogP contribution in [0.4, 0.5) is 0 Å². The third kappa shape index (κ3) is 4.18. The van der Waals surface area contributed by atoms with E-state index in [0.29, 0.717) is 6.61 Å². The highest BCUT2D eigenvalue weighted by molar-refractivity contribution is 5.85. The Kier molecular flexibility index (Phi) is 6.31. The van der Waals surface area contributed by atoms with Gasteiger partial charge in [0.15, 0.2) is 0 Å². The van der Waals surface area contributed by atoms with Gasteiger partial charge in [0.25, 0.3) is 0 Å². The molecule has 0 aromatic carbocycles. The molecule has 1 aliphatic carbocycles. The van der Waals surface area contributed by atoms with Crippen molar-refractivity contribution < 1.29 is 9.53 Å². The summed E-state index contributed by atoms with van der Waals surface area (Å²) in [5.41, 5.74) is 2.78. The predicted octanol–water partition coefficient (Wildman–Crippen LogP) is 4.25. The van der Waals surface area contributed by atoms with Gasteiger partial charge in [-0.1, -0.05) is 44.3 Å². The molecule has 2 heteroatoms. The second-order valence-electron chi connectivity index (χ2n) is 4.80. The summed E-state index contributed by atoms with van der Waals surface area (Å²) in [6.07, 6.45) is 8.32. The van der Waals surface area contributed by atoms with Gasteiger partial charge in [0.1, 0.15) is 0 Å². The molecule has 1 aliphatic rings. The number of carbonyl (C=O) groups excluding carboxylic acids is 1. The zero-order valence-corrected chi connectivity index (χ0v) is 11.6. The number of unbranched alkanes of at least 4 members (excludes halogenated alkanes) is 3. The molecule has 0 saturated carbocycles. The predicted molar refractivity (Wildman–Crippen MR) is 70.8 cm³/mol. The fourth-order valence-corrected chi connectivity index (χ4v) is 2.37. The topological polar surface area (TPSA) is 26.3 Å². The molecule has 0 amide bonds. The molecule has 0 spiro atoms. The number of esters is 1. The van der Waals surface area contributed by atoms with Gasteiger partial charge >= 0.3 is 5.97 Å². The lowest BCUT2D eigenvalue weighted by Gasteiger charge is -2.02. The first-order valence-electron chi connectivity index (χ1n) is 7.14. The van der Waals surface area contributed by atoms with Gasteiger partial charge in [-0.2, -0.15) is 0 Å².